The Morgan fingerprint density at radius 1 is 1.38 bits per heavy atom. The van der Waals surface area contributed by atoms with Crippen LogP contribution in [-0.4, -0.2) is 58.3 Å². The van der Waals surface area contributed by atoms with Gasteiger partial charge in [-0.1, -0.05) is 0 Å². The summed E-state index contributed by atoms with van der Waals surface area (Å²) in [7, 11) is 2.17. The third kappa shape index (κ3) is 4.63. The van der Waals surface area contributed by atoms with E-state index in [1.165, 1.54) is 24.2 Å². The predicted molar refractivity (Wildman–Crippen MR) is 113 cm³/mol. The SMILES string of the molecule is CN1C2CCC1CC(NC(=O)C(=N)c1cc(-c3nccs3)ccc1N)C2.O=CO. The van der Waals surface area contributed by atoms with Crippen molar-refractivity contribution in [2.45, 2.75) is 43.8 Å². The van der Waals surface area contributed by atoms with Crippen LogP contribution in [0.15, 0.2) is 29.8 Å². The molecule has 5 N–H and O–H groups in total. The summed E-state index contributed by atoms with van der Waals surface area (Å²) in [6, 6.07) is 6.63. The molecule has 1 amide bonds. The van der Waals surface area contributed by atoms with Crippen LogP contribution in [0.4, 0.5) is 5.69 Å². The van der Waals surface area contributed by atoms with Crippen LogP contribution in [0.25, 0.3) is 10.6 Å². The zero-order valence-electron chi connectivity index (χ0n) is 16.2. The Balaban J connectivity index is 0.000000755. The fraction of sp³-hybridized carbons (Fsp3) is 0.400. The number of rotatable bonds is 4. The zero-order chi connectivity index (χ0) is 21.0. The highest BCUT2D eigenvalue weighted by Crippen LogP contribution is 2.34. The summed E-state index contributed by atoms with van der Waals surface area (Å²) in [5.41, 5.74) is 7.74. The van der Waals surface area contributed by atoms with Crippen molar-refractivity contribution < 1.29 is 14.7 Å². The van der Waals surface area contributed by atoms with E-state index in [-0.39, 0.29) is 24.1 Å². The maximum atomic E-state index is 12.7. The number of hydrogen-bond donors (Lipinski definition) is 4. The Bertz CT molecular complexity index is 872. The lowest BCUT2D eigenvalue weighted by Crippen LogP contribution is -2.50. The zero-order valence-corrected chi connectivity index (χ0v) is 17.0. The number of anilines is 1. The number of carbonyl (C=O) groups excluding carboxylic acids is 1. The minimum atomic E-state index is -0.345. The quantitative estimate of drug-likeness (QED) is 0.344. The van der Waals surface area contributed by atoms with Crippen LogP contribution >= 0.6 is 11.3 Å². The van der Waals surface area contributed by atoms with Crippen molar-refractivity contribution in [1.29, 1.82) is 5.41 Å². The Morgan fingerprint density at radius 2 is 2.03 bits per heavy atom. The molecule has 0 aliphatic carbocycles. The van der Waals surface area contributed by atoms with Crippen molar-refractivity contribution in [2.75, 3.05) is 12.8 Å². The summed E-state index contributed by atoms with van der Waals surface area (Å²) in [6.45, 7) is -0.250. The van der Waals surface area contributed by atoms with Crippen molar-refractivity contribution in [2.24, 2.45) is 0 Å². The van der Waals surface area contributed by atoms with Gasteiger partial charge >= 0.3 is 0 Å². The summed E-state index contributed by atoms with van der Waals surface area (Å²) in [4.78, 5) is 27.7. The minimum absolute atomic E-state index is 0.0767. The maximum Gasteiger partial charge on any atom is 0.290 e. The van der Waals surface area contributed by atoms with Crippen LogP contribution in [0.1, 0.15) is 31.2 Å². The number of amides is 1. The Kier molecular flexibility index (Phi) is 6.60. The summed E-state index contributed by atoms with van der Waals surface area (Å²) < 4.78 is 0. The molecule has 2 unspecified atom stereocenters. The van der Waals surface area contributed by atoms with Crippen molar-refractivity contribution in [3.63, 3.8) is 0 Å². The van der Waals surface area contributed by atoms with Crippen LogP contribution in [0, 0.1) is 5.41 Å². The molecule has 2 fully saturated rings. The van der Waals surface area contributed by atoms with Crippen LogP contribution < -0.4 is 11.1 Å². The van der Waals surface area contributed by atoms with E-state index in [4.69, 9.17) is 21.0 Å². The van der Waals surface area contributed by atoms with Gasteiger partial charge < -0.3 is 21.1 Å². The molecule has 154 valence electrons. The van der Waals surface area contributed by atoms with Crippen LogP contribution in [0.5, 0.6) is 0 Å². The highest BCUT2D eigenvalue weighted by atomic mass is 32.1. The number of nitrogens with one attached hydrogen (secondary N) is 2. The molecule has 1 aromatic carbocycles. The van der Waals surface area contributed by atoms with Gasteiger partial charge in [0, 0.05) is 46.5 Å². The second-order valence-corrected chi connectivity index (χ2v) is 8.21. The number of aromatic nitrogens is 1. The molecule has 4 rings (SSSR count). The molecule has 0 radical (unpaired) electrons. The molecule has 9 heteroatoms. The largest absolute Gasteiger partial charge is 0.483 e. The van der Waals surface area contributed by atoms with E-state index in [1.807, 2.05) is 11.4 Å². The van der Waals surface area contributed by atoms with Gasteiger partial charge in [-0.15, -0.1) is 11.3 Å². The van der Waals surface area contributed by atoms with Gasteiger partial charge in [-0.05, 0) is 50.9 Å². The molecular formula is C20H25N5O3S. The van der Waals surface area contributed by atoms with Crippen molar-refractivity contribution >= 4 is 35.1 Å². The normalized spacial score (nSPS) is 23.0. The Morgan fingerprint density at radius 3 is 2.62 bits per heavy atom. The van der Waals surface area contributed by atoms with Gasteiger partial charge in [-0.3, -0.25) is 15.0 Å². The average molecular weight is 416 g/mol. The van der Waals surface area contributed by atoms with E-state index < -0.39 is 0 Å². The number of carboxylic acid groups (broad SMARTS) is 1. The lowest BCUT2D eigenvalue weighted by molar-refractivity contribution is -0.123. The number of fused-ring (bicyclic) bond motifs is 2. The topological polar surface area (TPSA) is 132 Å². The van der Waals surface area contributed by atoms with Gasteiger partial charge in [0.25, 0.3) is 12.4 Å². The third-order valence-corrected chi connectivity index (χ3v) is 6.48. The van der Waals surface area contributed by atoms with Crippen molar-refractivity contribution in [3.8, 4) is 10.6 Å². The lowest BCUT2D eigenvalue weighted by Gasteiger charge is -2.36. The summed E-state index contributed by atoms with van der Waals surface area (Å²) in [5.74, 6) is -0.345. The first-order chi connectivity index (χ1) is 13.9. The number of carbonyl (C=O) groups is 2. The number of thiazole rings is 1. The summed E-state index contributed by atoms with van der Waals surface area (Å²) in [5, 5.41) is 21.1. The van der Waals surface area contributed by atoms with E-state index in [0.717, 1.165) is 23.4 Å². The predicted octanol–water partition coefficient (Wildman–Crippen LogP) is 2.20. The van der Waals surface area contributed by atoms with Crippen molar-refractivity contribution in [1.82, 2.24) is 15.2 Å². The fourth-order valence-corrected chi connectivity index (χ4v) is 4.82. The molecule has 2 bridgehead atoms. The highest BCUT2D eigenvalue weighted by Gasteiger charge is 2.39. The van der Waals surface area contributed by atoms with E-state index in [2.05, 4.69) is 22.2 Å². The number of hydrogen-bond acceptors (Lipinski definition) is 7. The van der Waals surface area contributed by atoms with Crippen LogP contribution in [0.3, 0.4) is 0 Å². The molecular weight excluding hydrogens is 390 g/mol. The molecule has 2 atom stereocenters. The number of piperidine rings is 1. The molecule has 0 saturated carbocycles. The molecule has 3 heterocycles. The average Bonchev–Trinajstić information content (AvgIpc) is 3.29. The molecule has 2 aliphatic rings. The summed E-state index contributed by atoms with van der Waals surface area (Å²) >= 11 is 1.52. The minimum Gasteiger partial charge on any atom is -0.483 e. The first-order valence-corrected chi connectivity index (χ1v) is 10.3. The second-order valence-electron chi connectivity index (χ2n) is 7.31. The molecule has 2 saturated heterocycles. The first kappa shape index (κ1) is 20.9. The summed E-state index contributed by atoms with van der Waals surface area (Å²) in [6.07, 6.45) is 6.06. The van der Waals surface area contributed by atoms with Gasteiger partial charge in [0.15, 0.2) is 0 Å². The Hall–Kier alpha value is -2.78. The molecule has 2 aliphatic heterocycles. The van der Waals surface area contributed by atoms with Crippen LogP contribution in [-0.2, 0) is 9.59 Å². The smallest absolute Gasteiger partial charge is 0.290 e. The lowest BCUT2D eigenvalue weighted by atomic mass is 9.97. The van der Waals surface area contributed by atoms with Crippen LogP contribution in [0.2, 0.25) is 0 Å². The second kappa shape index (κ2) is 9.15. The number of nitrogens with two attached hydrogens (primary N) is 1. The molecule has 8 nitrogen and oxygen atoms in total. The van der Waals surface area contributed by atoms with Gasteiger partial charge in [0.05, 0.1) is 0 Å². The Labute approximate surface area is 173 Å². The van der Waals surface area contributed by atoms with Gasteiger partial charge in [0.2, 0.25) is 0 Å². The van der Waals surface area contributed by atoms with E-state index >= 15 is 0 Å². The molecule has 1 aromatic heterocycles. The third-order valence-electron chi connectivity index (χ3n) is 5.66. The van der Waals surface area contributed by atoms with Crippen molar-refractivity contribution in [3.05, 3.63) is 35.3 Å². The van der Waals surface area contributed by atoms with Gasteiger partial charge in [0.1, 0.15) is 10.7 Å². The van der Waals surface area contributed by atoms with Gasteiger partial charge in [-0.25, -0.2) is 4.98 Å². The molecule has 29 heavy (non-hydrogen) atoms. The molecule has 2 aromatic rings. The maximum absolute atomic E-state index is 12.7. The van der Waals surface area contributed by atoms with E-state index in [1.54, 1.807) is 18.3 Å². The van der Waals surface area contributed by atoms with E-state index in [9.17, 15) is 4.79 Å². The number of nitrogens with zero attached hydrogens (tertiary/aromatic N) is 2. The standard InChI is InChI=1S/C19H23N5OS.CH2O2/c1-24-13-3-4-14(24)10-12(9-13)23-18(25)17(21)15-8-11(2-5-16(15)20)19-22-6-7-26-19;2-1-3/h2,5-8,12-14,21H,3-4,9-10,20H2,1H3,(H,23,25);1H,(H,2,3). The number of nitrogen functional groups attached to an aromatic ring is 1. The highest BCUT2D eigenvalue weighted by molar-refractivity contribution is 7.13. The number of benzene rings is 1. The first-order valence-electron chi connectivity index (χ1n) is 9.43. The fourth-order valence-electron chi connectivity index (χ4n) is 4.18. The van der Waals surface area contributed by atoms with E-state index in [0.29, 0.717) is 23.3 Å². The van der Waals surface area contributed by atoms with Gasteiger partial charge in [-0.2, -0.15) is 0 Å². The molecule has 0 spiro atoms. The monoisotopic (exact) mass is 415 g/mol.